The molecule has 11 heteroatoms. The molecule has 0 unspecified atom stereocenters. The number of aromatic nitrogens is 3. The Bertz CT molecular complexity index is 830. The summed E-state index contributed by atoms with van der Waals surface area (Å²) in [6.07, 6.45) is -3.11. The number of carbonyl (C=O) groups excluding carboxylic acids is 1. The molecule has 1 aliphatic heterocycles. The number of amides is 1. The standard InChI is InChI=1S/C16H16Cl2F3N5O/c1-10-14(18)15(16(19,20)21)23-26(10)9-13(27)25-6-4-24(5-7-25)12-3-2-11(17)8-22-12/h2-3,8H,4-7,9H2,1H3. The van der Waals surface area contributed by atoms with Gasteiger partial charge in [0.05, 0.1) is 15.7 Å². The molecule has 3 heterocycles. The summed E-state index contributed by atoms with van der Waals surface area (Å²) < 4.78 is 39.7. The Hall–Kier alpha value is -2.00. The smallest absolute Gasteiger partial charge is 0.353 e. The molecule has 2 aromatic heterocycles. The molecule has 6 nitrogen and oxygen atoms in total. The zero-order valence-corrected chi connectivity index (χ0v) is 15.8. The van der Waals surface area contributed by atoms with Crippen molar-refractivity contribution in [1.29, 1.82) is 0 Å². The van der Waals surface area contributed by atoms with Crippen molar-refractivity contribution in [3.05, 3.63) is 39.8 Å². The first-order valence-electron chi connectivity index (χ1n) is 8.11. The molecule has 0 radical (unpaired) electrons. The van der Waals surface area contributed by atoms with E-state index in [1.54, 1.807) is 23.2 Å². The maximum absolute atomic E-state index is 12.9. The lowest BCUT2D eigenvalue weighted by molar-refractivity contribution is -0.142. The van der Waals surface area contributed by atoms with Crippen LogP contribution in [-0.4, -0.2) is 51.8 Å². The summed E-state index contributed by atoms with van der Waals surface area (Å²) in [6.45, 7) is 3.11. The van der Waals surface area contributed by atoms with Crippen LogP contribution in [0.4, 0.5) is 19.0 Å². The number of halogens is 5. The minimum absolute atomic E-state index is 0.112. The first kappa shape index (κ1) is 19.8. The SMILES string of the molecule is Cc1c(Cl)c(C(F)(F)F)nn1CC(=O)N1CCN(c2ccc(Cl)cn2)CC1. The molecule has 0 spiro atoms. The highest BCUT2D eigenvalue weighted by molar-refractivity contribution is 6.32. The second-order valence-electron chi connectivity index (χ2n) is 6.11. The second kappa shape index (κ2) is 7.55. The minimum Gasteiger partial charge on any atom is -0.353 e. The molecule has 1 saturated heterocycles. The molecule has 0 atom stereocenters. The molecule has 0 N–H and O–H groups in total. The summed E-state index contributed by atoms with van der Waals surface area (Å²) in [7, 11) is 0. The van der Waals surface area contributed by atoms with Gasteiger partial charge in [-0.2, -0.15) is 18.3 Å². The van der Waals surface area contributed by atoms with E-state index in [0.29, 0.717) is 31.2 Å². The lowest BCUT2D eigenvalue weighted by atomic mass is 10.3. The normalized spacial score (nSPS) is 15.3. The lowest BCUT2D eigenvalue weighted by Crippen LogP contribution is -2.50. The zero-order valence-electron chi connectivity index (χ0n) is 14.3. The van der Waals surface area contributed by atoms with Gasteiger partial charge in [0.25, 0.3) is 0 Å². The van der Waals surface area contributed by atoms with E-state index in [0.717, 1.165) is 10.5 Å². The fraction of sp³-hybridized carbons (Fsp3) is 0.438. The van der Waals surface area contributed by atoms with E-state index in [1.165, 1.54) is 6.92 Å². The van der Waals surface area contributed by atoms with Crippen LogP contribution in [0, 0.1) is 6.92 Å². The van der Waals surface area contributed by atoms with Crippen molar-refractivity contribution in [3.63, 3.8) is 0 Å². The molecule has 0 aliphatic carbocycles. The Morgan fingerprint density at radius 1 is 1.19 bits per heavy atom. The van der Waals surface area contributed by atoms with Gasteiger partial charge in [0.1, 0.15) is 12.4 Å². The Morgan fingerprint density at radius 3 is 2.37 bits per heavy atom. The van der Waals surface area contributed by atoms with Crippen molar-refractivity contribution < 1.29 is 18.0 Å². The predicted molar refractivity (Wildman–Crippen MR) is 95.0 cm³/mol. The molecule has 2 aromatic rings. The van der Waals surface area contributed by atoms with Crippen LogP contribution < -0.4 is 4.90 Å². The van der Waals surface area contributed by atoms with Crippen molar-refractivity contribution >= 4 is 34.9 Å². The van der Waals surface area contributed by atoms with E-state index in [2.05, 4.69) is 10.1 Å². The van der Waals surface area contributed by atoms with E-state index in [1.807, 2.05) is 4.90 Å². The second-order valence-corrected chi connectivity index (χ2v) is 6.92. The molecule has 3 rings (SSSR count). The molecule has 1 aliphatic rings. The lowest BCUT2D eigenvalue weighted by Gasteiger charge is -2.35. The molecule has 0 bridgehead atoms. The topological polar surface area (TPSA) is 54.3 Å². The summed E-state index contributed by atoms with van der Waals surface area (Å²) in [5.74, 6) is 0.450. The van der Waals surface area contributed by atoms with Crippen LogP contribution in [0.15, 0.2) is 18.3 Å². The van der Waals surface area contributed by atoms with Crippen LogP contribution in [-0.2, 0) is 17.5 Å². The summed E-state index contributed by atoms with van der Waals surface area (Å²) in [5, 5.41) is 3.53. The van der Waals surface area contributed by atoms with Crippen molar-refractivity contribution in [2.45, 2.75) is 19.6 Å². The van der Waals surface area contributed by atoms with Crippen LogP contribution in [0.5, 0.6) is 0 Å². The number of pyridine rings is 1. The van der Waals surface area contributed by atoms with Crippen LogP contribution in [0.3, 0.4) is 0 Å². The number of anilines is 1. The number of rotatable bonds is 3. The van der Waals surface area contributed by atoms with Crippen molar-refractivity contribution in [2.24, 2.45) is 0 Å². The van der Waals surface area contributed by atoms with E-state index >= 15 is 0 Å². The first-order valence-corrected chi connectivity index (χ1v) is 8.87. The van der Waals surface area contributed by atoms with Crippen LogP contribution >= 0.6 is 23.2 Å². The molecular formula is C16H16Cl2F3N5O. The predicted octanol–water partition coefficient (Wildman–Crippen LogP) is 3.26. The molecule has 146 valence electrons. The summed E-state index contributed by atoms with van der Waals surface area (Å²) in [4.78, 5) is 20.3. The van der Waals surface area contributed by atoms with Gasteiger partial charge in [-0.15, -0.1) is 0 Å². The third-order valence-electron chi connectivity index (χ3n) is 4.36. The van der Waals surface area contributed by atoms with E-state index in [9.17, 15) is 18.0 Å². The maximum Gasteiger partial charge on any atom is 0.436 e. The molecule has 1 amide bonds. The number of piperazine rings is 1. The molecule has 0 saturated carbocycles. The van der Waals surface area contributed by atoms with E-state index in [4.69, 9.17) is 23.2 Å². The number of hydrogen-bond donors (Lipinski definition) is 0. The number of alkyl halides is 3. The number of carbonyl (C=O) groups is 1. The highest BCUT2D eigenvalue weighted by Crippen LogP contribution is 2.35. The van der Waals surface area contributed by atoms with E-state index < -0.39 is 16.9 Å². The summed E-state index contributed by atoms with van der Waals surface area (Å²) in [6, 6.07) is 3.54. The fourth-order valence-corrected chi connectivity index (χ4v) is 3.18. The molecule has 1 fully saturated rings. The maximum atomic E-state index is 12.9. The first-order chi connectivity index (χ1) is 12.7. The quantitative estimate of drug-likeness (QED) is 0.762. The largest absolute Gasteiger partial charge is 0.436 e. The zero-order chi connectivity index (χ0) is 19.8. The van der Waals surface area contributed by atoms with E-state index in [-0.39, 0.29) is 18.1 Å². The van der Waals surface area contributed by atoms with Crippen molar-refractivity contribution in [3.8, 4) is 0 Å². The van der Waals surface area contributed by atoms with Gasteiger partial charge < -0.3 is 9.80 Å². The van der Waals surface area contributed by atoms with Gasteiger partial charge in [0.15, 0.2) is 5.69 Å². The average molecular weight is 422 g/mol. The molecular weight excluding hydrogens is 406 g/mol. The monoisotopic (exact) mass is 421 g/mol. The average Bonchev–Trinajstić information content (AvgIpc) is 2.91. The Balaban J connectivity index is 1.63. The van der Waals surface area contributed by atoms with Gasteiger partial charge in [-0.25, -0.2) is 4.98 Å². The van der Waals surface area contributed by atoms with Crippen LogP contribution in [0.25, 0.3) is 0 Å². The Kier molecular flexibility index (Phi) is 5.53. The fourth-order valence-electron chi connectivity index (χ4n) is 2.83. The van der Waals surface area contributed by atoms with Gasteiger partial charge in [-0.1, -0.05) is 23.2 Å². The summed E-state index contributed by atoms with van der Waals surface area (Å²) in [5.41, 5.74) is -1.06. The van der Waals surface area contributed by atoms with Gasteiger partial charge >= 0.3 is 6.18 Å². The Morgan fingerprint density at radius 2 is 1.85 bits per heavy atom. The summed E-state index contributed by atoms with van der Waals surface area (Å²) >= 11 is 11.5. The molecule has 0 aromatic carbocycles. The van der Waals surface area contributed by atoms with Crippen molar-refractivity contribution in [1.82, 2.24) is 19.7 Å². The van der Waals surface area contributed by atoms with Gasteiger partial charge in [-0.3, -0.25) is 9.48 Å². The van der Waals surface area contributed by atoms with Crippen LogP contribution in [0.2, 0.25) is 10.0 Å². The van der Waals surface area contributed by atoms with Gasteiger partial charge in [0.2, 0.25) is 5.91 Å². The highest BCUT2D eigenvalue weighted by atomic mass is 35.5. The van der Waals surface area contributed by atoms with Gasteiger partial charge in [-0.05, 0) is 19.1 Å². The van der Waals surface area contributed by atoms with Crippen molar-refractivity contribution in [2.75, 3.05) is 31.1 Å². The minimum atomic E-state index is -4.66. The third-order valence-corrected chi connectivity index (χ3v) is 5.03. The van der Waals surface area contributed by atoms with Gasteiger partial charge in [0, 0.05) is 32.4 Å². The Labute approximate surface area is 163 Å². The number of nitrogens with zero attached hydrogens (tertiary/aromatic N) is 5. The molecule has 27 heavy (non-hydrogen) atoms. The number of hydrogen-bond acceptors (Lipinski definition) is 4. The third kappa shape index (κ3) is 4.30. The van der Waals surface area contributed by atoms with Crippen LogP contribution in [0.1, 0.15) is 11.4 Å². The highest BCUT2D eigenvalue weighted by Gasteiger charge is 2.38.